The topological polar surface area (TPSA) is 68.0 Å². The Hall–Kier alpha value is -4.48. The third kappa shape index (κ3) is 4.44. The molecule has 0 radical (unpaired) electrons. The summed E-state index contributed by atoms with van der Waals surface area (Å²) in [5.41, 5.74) is -0.241. The minimum Gasteiger partial charge on any atom is -0.324 e. The largest absolute Gasteiger partial charge is 0.418 e. The van der Waals surface area contributed by atoms with Gasteiger partial charge in [-0.05, 0) is 54.6 Å². The van der Waals surface area contributed by atoms with Crippen molar-refractivity contribution in [2.24, 2.45) is 0 Å². The van der Waals surface area contributed by atoms with Crippen LogP contribution in [-0.2, 0) is 12.4 Å². The van der Waals surface area contributed by atoms with Crippen LogP contribution < -0.4 is 5.32 Å². The first-order valence-corrected chi connectivity index (χ1v) is 10.4. The summed E-state index contributed by atoms with van der Waals surface area (Å²) in [4.78, 5) is 12.4. The molecule has 5 rings (SSSR count). The first-order valence-electron chi connectivity index (χ1n) is 10.4. The van der Waals surface area contributed by atoms with Crippen molar-refractivity contribution in [3.8, 4) is 22.5 Å². The molecule has 0 spiro atoms. The van der Waals surface area contributed by atoms with Crippen LogP contribution in [0.4, 0.5) is 38.0 Å². The Morgan fingerprint density at radius 2 is 1.47 bits per heavy atom. The van der Waals surface area contributed by atoms with Gasteiger partial charge < -0.3 is 5.32 Å². The SMILES string of the molecule is FC(F)(F)c1ccc(Nc2nc(-c3ccncc3)c3cc(-c4ncccc4C(F)(F)F)cnn23)cc1. The summed E-state index contributed by atoms with van der Waals surface area (Å²) < 4.78 is 80.8. The zero-order valence-electron chi connectivity index (χ0n) is 18.0. The van der Waals surface area contributed by atoms with Gasteiger partial charge in [-0.1, -0.05) is 0 Å². The van der Waals surface area contributed by atoms with Gasteiger partial charge in [0.05, 0.1) is 28.5 Å². The maximum Gasteiger partial charge on any atom is 0.418 e. The van der Waals surface area contributed by atoms with Gasteiger partial charge in [0, 0.05) is 35.4 Å². The lowest BCUT2D eigenvalue weighted by Crippen LogP contribution is -2.08. The number of hydrogen-bond acceptors (Lipinski definition) is 5. The standard InChI is InChI=1S/C24H14F6N6/c25-23(26,27)16-3-5-17(6-4-16)34-22-35-21(14-7-10-31-11-8-14)19-12-15(13-33-36(19)22)20-18(24(28,29)30)2-1-9-32-20/h1-13H,(H,34,35). The first kappa shape index (κ1) is 23.3. The van der Waals surface area contributed by atoms with Crippen molar-refractivity contribution < 1.29 is 26.3 Å². The zero-order valence-corrected chi connectivity index (χ0v) is 18.0. The molecule has 0 atom stereocenters. The Balaban J connectivity index is 1.63. The highest BCUT2D eigenvalue weighted by molar-refractivity contribution is 5.83. The molecule has 0 bridgehead atoms. The maximum absolute atomic E-state index is 13.6. The van der Waals surface area contributed by atoms with E-state index in [1.807, 2.05) is 0 Å². The van der Waals surface area contributed by atoms with Crippen molar-refractivity contribution in [3.63, 3.8) is 0 Å². The molecule has 0 aliphatic carbocycles. The van der Waals surface area contributed by atoms with Gasteiger partial charge in [0.15, 0.2) is 0 Å². The summed E-state index contributed by atoms with van der Waals surface area (Å²) >= 11 is 0. The molecule has 1 aromatic carbocycles. The van der Waals surface area contributed by atoms with Gasteiger partial charge in [0.2, 0.25) is 5.95 Å². The summed E-state index contributed by atoms with van der Waals surface area (Å²) in [6.07, 6.45) is -3.57. The zero-order chi connectivity index (χ0) is 25.5. The highest BCUT2D eigenvalue weighted by Gasteiger charge is 2.34. The van der Waals surface area contributed by atoms with Crippen molar-refractivity contribution in [3.05, 3.63) is 90.5 Å². The summed E-state index contributed by atoms with van der Waals surface area (Å²) in [5, 5.41) is 7.19. The summed E-state index contributed by atoms with van der Waals surface area (Å²) in [6, 6.07) is 11.3. The van der Waals surface area contributed by atoms with E-state index in [-0.39, 0.29) is 17.2 Å². The molecule has 0 saturated heterocycles. The van der Waals surface area contributed by atoms with Gasteiger partial charge in [-0.25, -0.2) is 4.98 Å². The molecule has 12 heteroatoms. The normalized spacial score (nSPS) is 12.2. The number of pyridine rings is 2. The highest BCUT2D eigenvalue weighted by atomic mass is 19.4. The van der Waals surface area contributed by atoms with Crippen LogP contribution in [0.3, 0.4) is 0 Å². The van der Waals surface area contributed by atoms with E-state index >= 15 is 0 Å². The monoisotopic (exact) mass is 500 g/mol. The van der Waals surface area contributed by atoms with Crippen LogP contribution in [-0.4, -0.2) is 24.6 Å². The number of alkyl halides is 6. The third-order valence-corrected chi connectivity index (χ3v) is 5.30. The second kappa shape index (κ2) is 8.63. The van der Waals surface area contributed by atoms with Crippen molar-refractivity contribution in [1.29, 1.82) is 0 Å². The number of fused-ring (bicyclic) bond motifs is 1. The molecule has 6 nitrogen and oxygen atoms in total. The number of halogens is 6. The molecule has 36 heavy (non-hydrogen) atoms. The Bertz CT molecular complexity index is 1530. The van der Waals surface area contributed by atoms with Crippen LogP contribution in [0.15, 0.2) is 79.4 Å². The molecule has 1 N–H and O–H groups in total. The molecule has 0 unspecified atom stereocenters. The average Bonchev–Trinajstić information content (AvgIpc) is 3.21. The van der Waals surface area contributed by atoms with Crippen LogP contribution in [0.1, 0.15) is 11.1 Å². The van der Waals surface area contributed by atoms with Crippen molar-refractivity contribution in [2.45, 2.75) is 12.4 Å². The fourth-order valence-corrected chi connectivity index (χ4v) is 3.64. The van der Waals surface area contributed by atoms with Crippen molar-refractivity contribution in [1.82, 2.24) is 24.6 Å². The van der Waals surface area contributed by atoms with Crippen molar-refractivity contribution in [2.75, 3.05) is 5.32 Å². The van der Waals surface area contributed by atoms with E-state index in [1.54, 1.807) is 12.1 Å². The van der Waals surface area contributed by atoms with E-state index in [4.69, 9.17) is 0 Å². The number of nitrogens with zero attached hydrogens (tertiary/aromatic N) is 5. The number of rotatable bonds is 4. The molecule has 5 aromatic rings. The fourth-order valence-electron chi connectivity index (χ4n) is 3.64. The summed E-state index contributed by atoms with van der Waals surface area (Å²) in [7, 11) is 0. The highest BCUT2D eigenvalue weighted by Crippen LogP contribution is 2.37. The van der Waals surface area contributed by atoms with Gasteiger partial charge in [-0.3, -0.25) is 9.97 Å². The third-order valence-electron chi connectivity index (χ3n) is 5.30. The quantitative estimate of drug-likeness (QED) is 0.281. The van der Waals surface area contributed by atoms with Gasteiger partial charge in [0.25, 0.3) is 0 Å². The Labute approximate surface area is 199 Å². The molecule has 0 fully saturated rings. The number of anilines is 2. The van der Waals surface area contributed by atoms with Crippen LogP contribution in [0.25, 0.3) is 28.0 Å². The predicted octanol–water partition coefficient (Wildman–Crippen LogP) is 6.63. The van der Waals surface area contributed by atoms with Gasteiger partial charge in [-0.2, -0.15) is 36.0 Å². The minimum absolute atomic E-state index is 0.117. The number of aromatic nitrogens is 5. The Morgan fingerprint density at radius 1 is 0.750 bits per heavy atom. The number of hydrogen-bond donors (Lipinski definition) is 1. The number of benzene rings is 1. The van der Waals surface area contributed by atoms with Crippen LogP contribution >= 0.6 is 0 Å². The lowest BCUT2D eigenvalue weighted by molar-refractivity contribution is -0.138. The van der Waals surface area contributed by atoms with Crippen LogP contribution in [0.5, 0.6) is 0 Å². The molecule has 0 amide bonds. The summed E-state index contributed by atoms with van der Waals surface area (Å²) in [5.74, 6) is 0.153. The van der Waals surface area contributed by atoms with Gasteiger partial charge in [0.1, 0.15) is 5.69 Å². The van der Waals surface area contributed by atoms with E-state index < -0.39 is 23.5 Å². The average molecular weight is 500 g/mol. The summed E-state index contributed by atoms with van der Waals surface area (Å²) in [6.45, 7) is 0. The molecular formula is C24H14F6N6. The molecule has 0 aliphatic rings. The Kier molecular flexibility index (Phi) is 5.58. The van der Waals surface area contributed by atoms with E-state index in [9.17, 15) is 26.3 Å². The molecule has 182 valence electrons. The van der Waals surface area contributed by atoms with Crippen LogP contribution in [0, 0.1) is 0 Å². The second-order valence-corrected chi connectivity index (χ2v) is 7.66. The lowest BCUT2D eigenvalue weighted by Gasteiger charge is -2.12. The molecule has 0 saturated carbocycles. The number of nitrogens with one attached hydrogen (secondary N) is 1. The molecule has 0 aliphatic heterocycles. The maximum atomic E-state index is 13.6. The van der Waals surface area contributed by atoms with E-state index in [1.165, 1.54) is 53.6 Å². The van der Waals surface area contributed by atoms with Crippen LogP contribution in [0.2, 0.25) is 0 Å². The molecule has 4 heterocycles. The minimum atomic E-state index is -4.63. The van der Waals surface area contributed by atoms with Gasteiger partial charge in [-0.15, -0.1) is 0 Å². The van der Waals surface area contributed by atoms with E-state index in [0.29, 0.717) is 22.5 Å². The second-order valence-electron chi connectivity index (χ2n) is 7.66. The lowest BCUT2D eigenvalue weighted by atomic mass is 10.1. The fraction of sp³-hybridized carbons (Fsp3) is 0.0833. The van der Waals surface area contributed by atoms with E-state index in [0.717, 1.165) is 18.2 Å². The van der Waals surface area contributed by atoms with Gasteiger partial charge >= 0.3 is 12.4 Å². The smallest absolute Gasteiger partial charge is 0.324 e. The number of imidazole rings is 1. The van der Waals surface area contributed by atoms with E-state index in [2.05, 4.69) is 25.4 Å². The first-order chi connectivity index (χ1) is 17.1. The molecule has 4 aromatic heterocycles. The van der Waals surface area contributed by atoms with Crippen molar-refractivity contribution >= 4 is 17.2 Å². The Morgan fingerprint density at radius 3 is 2.14 bits per heavy atom. The molecular weight excluding hydrogens is 486 g/mol. The predicted molar refractivity (Wildman–Crippen MR) is 119 cm³/mol.